The van der Waals surface area contributed by atoms with E-state index in [1.54, 1.807) is 18.2 Å². The predicted molar refractivity (Wildman–Crippen MR) is 66.4 cm³/mol. The first-order valence-corrected chi connectivity index (χ1v) is 5.89. The molecule has 0 aromatic heterocycles. The summed E-state index contributed by atoms with van der Waals surface area (Å²) in [4.78, 5) is 2.08. The molecule has 0 fully saturated rings. The van der Waals surface area contributed by atoms with Gasteiger partial charge in [0.15, 0.2) is 0 Å². The van der Waals surface area contributed by atoms with E-state index in [9.17, 15) is 8.78 Å². The topological polar surface area (TPSA) is 15.3 Å². The summed E-state index contributed by atoms with van der Waals surface area (Å²) in [7, 11) is 1.97. The number of hydrogen-bond donors (Lipinski definition) is 1. The van der Waals surface area contributed by atoms with Crippen LogP contribution >= 0.6 is 0 Å². The van der Waals surface area contributed by atoms with Crippen LogP contribution in [0.1, 0.15) is 12.5 Å². The number of benzene rings is 1. The molecular weight excluding hydrogens is 222 g/mol. The van der Waals surface area contributed by atoms with Crippen molar-refractivity contribution in [3.8, 4) is 0 Å². The molecule has 0 aliphatic carbocycles. The van der Waals surface area contributed by atoms with Crippen molar-refractivity contribution in [2.24, 2.45) is 0 Å². The quantitative estimate of drug-likeness (QED) is 0.738. The molecular formula is C13H20F2N2. The summed E-state index contributed by atoms with van der Waals surface area (Å²) >= 11 is 0. The zero-order valence-electron chi connectivity index (χ0n) is 10.4. The molecule has 0 amide bonds. The molecule has 0 bridgehead atoms. The van der Waals surface area contributed by atoms with Gasteiger partial charge in [-0.25, -0.2) is 0 Å². The molecule has 1 aromatic carbocycles. The predicted octanol–water partition coefficient (Wildman–Crippen LogP) is 2.32. The van der Waals surface area contributed by atoms with Crippen molar-refractivity contribution in [3.05, 3.63) is 35.9 Å². The molecule has 0 saturated carbocycles. The number of likely N-dealkylation sites (N-methyl/N-ethyl adjacent to an activating group) is 1. The fourth-order valence-corrected chi connectivity index (χ4v) is 1.46. The van der Waals surface area contributed by atoms with Gasteiger partial charge >= 0.3 is 0 Å². The fraction of sp³-hybridized carbons (Fsp3) is 0.538. The lowest BCUT2D eigenvalue weighted by molar-refractivity contribution is -0.00326. The number of nitrogens with one attached hydrogen (secondary N) is 1. The number of alkyl halides is 2. The third-order valence-corrected chi connectivity index (χ3v) is 2.75. The lowest BCUT2D eigenvalue weighted by Gasteiger charge is -2.19. The van der Waals surface area contributed by atoms with E-state index in [1.807, 2.05) is 14.0 Å². The molecule has 0 saturated heterocycles. The van der Waals surface area contributed by atoms with Crippen LogP contribution in [0.25, 0.3) is 0 Å². The summed E-state index contributed by atoms with van der Waals surface area (Å²) in [6.07, 6.45) is 0. The molecule has 2 nitrogen and oxygen atoms in total. The van der Waals surface area contributed by atoms with Gasteiger partial charge in [-0.15, -0.1) is 0 Å². The summed E-state index contributed by atoms with van der Waals surface area (Å²) in [5.41, 5.74) is 0.0661. The molecule has 4 heteroatoms. The van der Waals surface area contributed by atoms with Gasteiger partial charge in [-0.1, -0.05) is 37.3 Å². The van der Waals surface area contributed by atoms with Gasteiger partial charge in [0, 0.05) is 18.7 Å². The SMILES string of the molecule is CCN(C)CCNCC(F)(F)c1ccccc1. The lowest BCUT2D eigenvalue weighted by Crippen LogP contribution is -2.35. The molecule has 96 valence electrons. The second kappa shape index (κ2) is 6.67. The Kier molecular flexibility index (Phi) is 5.51. The van der Waals surface area contributed by atoms with Crippen LogP contribution < -0.4 is 5.32 Å². The van der Waals surface area contributed by atoms with Crippen molar-refractivity contribution < 1.29 is 8.78 Å². The van der Waals surface area contributed by atoms with Crippen molar-refractivity contribution in [1.29, 1.82) is 0 Å². The Morgan fingerprint density at radius 3 is 2.47 bits per heavy atom. The van der Waals surface area contributed by atoms with Crippen molar-refractivity contribution in [2.75, 3.05) is 33.2 Å². The highest BCUT2D eigenvalue weighted by atomic mass is 19.3. The van der Waals surface area contributed by atoms with Gasteiger partial charge in [-0.05, 0) is 13.6 Å². The smallest absolute Gasteiger partial charge is 0.285 e. The van der Waals surface area contributed by atoms with Crippen LogP contribution in [0.3, 0.4) is 0 Å². The second-order valence-corrected chi connectivity index (χ2v) is 4.14. The molecule has 1 N–H and O–H groups in total. The number of rotatable bonds is 7. The molecule has 0 aliphatic heterocycles. The minimum atomic E-state index is -2.80. The van der Waals surface area contributed by atoms with E-state index in [2.05, 4.69) is 10.2 Å². The summed E-state index contributed by atoms with van der Waals surface area (Å²) in [6.45, 7) is 4.01. The normalized spacial score (nSPS) is 12.1. The van der Waals surface area contributed by atoms with Crippen molar-refractivity contribution in [3.63, 3.8) is 0 Å². The van der Waals surface area contributed by atoms with Gasteiger partial charge in [0.25, 0.3) is 5.92 Å². The standard InChI is InChI=1S/C13H20F2N2/c1-3-17(2)10-9-16-11-13(14,15)12-7-5-4-6-8-12/h4-8,16H,3,9-11H2,1-2H3. The Morgan fingerprint density at radius 2 is 1.88 bits per heavy atom. The van der Waals surface area contributed by atoms with E-state index in [0.29, 0.717) is 6.54 Å². The third kappa shape index (κ3) is 4.79. The summed E-state index contributed by atoms with van der Waals surface area (Å²) < 4.78 is 27.4. The summed E-state index contributed by atoms with van der Waals surface area (Å²) in [5.74, 6) is -2.80. The van der Waals surface area contributed by atoms with E-state index < -0.39 is 5.92 Å². The highest BCUT2D eigenvalue weighted by Crippen LogP contribution is 2.26. The average molecular weight is 242 g/mol. The van der Waals surface area contributed by atoms with Crippen LogP contribution in [-0.4, -0.2) is 38.1 Å². The Morgan fingerprint density at radius 1 is 1.24 bits per heavy atom. The zero-order valence-corrected chi connectivity index (χ0v) is 10.4. The largest absolute Gasteiger partial charge is 0.310 e. The second-order valence-electron chi connectivity index (χ2n) is 4.14. The highest BCUT2D eigenvalue weighted by Gasteiger charge is 2.30. The van der Waals surface area contributed by atoms with Crippen LogP contribution in [0.4, 0.5) is 8.78 Å². The number of halogens is 2. The minimum absolute atomic E-state index is 0.0661. The van der Waals surface area contributed by atoms with Gasteiger partial charge in [-0.3, -0.25) is 0 Å². The van der Waals surface area contributed by atoms with Crippen molar-refractivity contribution in [2.45, 2.75) is 12.8 Å². The molecule has 17 heavy (non-hydrogen) atoms. The summed E-state index contributed by atoms with van der Waals surface area (Å²) in [6, 6.07) is 7.92. The van der Waals surface area contributed by atoms with Crippen LogP contribution in [0.15, 0.2) is 30.3 Å². The number of nitrogens with zero attached hydrogens (tertiary/aromatic N) is 1. The molecule has 0 unspecified atom stereocenters. The summed E-state index contributed by atoms with van der Waals surface area (Å²) in [5, 5.41) is 2.80. The Hall–Kier alpha value is -1.00. The van der Waals surface area contributed by atoms with E-state index in [4.69, 9.17) is 0 Å². The molecule has 0 aliphatic rings. The van der Waals surface area contributed by atoms with Crippen LogP contribution in [0.5, 0.6) is 0 Å². The van der Waals surface area contributed by atoms with Gasteiger partial charge in [0.1, 0.15) is 0 Å². The Labute approximate surface area is 102 Å². The fourth-order valence-electron chi connectivity index (χ4n) is 1.46. The molecule has 0 radical (unpaired) electrons. The molecule has 1 rings (SSSR count). The first-order valence-electron chi connectivity index (χ1n) is 5.89. The molecule has 0 spiro atoms. The van der Waals surface area contributed by atoms with Gasteiger partial charge < -0.3 is 10.2 Å². The average Bonchev–Trinajstić information content (AvgIpc) is 2.35. The zero-order chi connectivity index (χ0) is 12.7. The molecule has 0 heterocycles. The van der Waals surface area contributed by atoms with Crippen LogP contribution in [-0.2, 0) is 5.92 Å². The van der Waals surface area contributed by atoms with Gasteiger partial charge in [0.2, 0.25) is 0 Å². The van der Waals surface area contributed by atoms with E-state index >= 15 is 0 Å². The first-order chi connectivity index (χ1) is 8.06. The Bertz CT molecular complexity index is 314. The maximum Gasteiger partial charge on any atom is 0.285 e. The van der Waals surface area contributed by atoms with E-state index in [1.165, 1.54) is 12.1 Å². The monoisotopic (exact) mass is 242 g/mol. The van der Waals surface area contributed by atoms with Gasteiger partial charge in [-0.2, -0.15) is 8.78 Å². The lowest BCUT2D eigenvalue weighted by atomic mass is 10.1. The number of hydrogen-bond acceptors (Lipinski definition) is 2. The van der Waals surface area contributed by atoms with E-state index in [0.717, 1.165) is 13.1 Å². The van der Waals surface area contributed by atoms with Crippen molar-refractivity contribution >= 4 is 0 Å². The van der Waals surface area contributed by atoms with Crippen molar-refractivity contribution in [1.82, 2.24) is 10.2 Å². The van der Waals surface area contributed by atoms with Gasteiger partial charge in [0.05, 0.1) is 6.54 Å². The minimum Gasteiger partial charge on any atom is -0.310 e. The first kappa shape index (κ1) is 14.1. The molecule has 1 aromatic rings. The third-order valence-electron chi connectivity index (χ3n) is 2.75. The maximum atomic E-state index is 13.7. The Balaban J connectivity index is 2.35. The van der Waals surface area contributed by atoms with E-state index in [-0.39, 0.29) is 12.1 Å². The highest BCUT2D eigenvalue weighted by molar-refractivity contribution is 5.20. The maximum absolute atomic E-state index is 13.7. The molecule has 0 atom stereocenters. The van der Waals surface area contributed by atoms with Crippen LogP contribution in [0, 0.1) is 0 Å². The van der Waals surface area contributed by atoms with Crippen LogP contribution in [0.2, 0.25) is 0 Å².